The number of aliphatic hydroxyl groups is 1. The molecule has 106 valence electrons. The van der Waals surface area contributed by atoms with Crippen LogP contribution in [0, 0.1) is 6.92 Å². The summed E-state index contributed by atoms with van der Waals surface area (Å²) in [6.07, 6.45) is 0.300. The van der Waals surface area contributed by atoms with Gasteiger partial charge in [-0.25, -0.2) is 0 Å². The molecule has 0 aliphatic heterocycles. The number of hydrogen-bond acceptors (Lipinski definition) is 3. The Kier molecular flexibility index (Phi) is 5.36. The second-order valence-electron chi connectivity index (χ2n) is 5.29. The molecule has 0 spiro atoms. The third-order valence-corrected chi connectivity index (χ3v) is 3.34. The van der Waals surface area contributed by atoms with Crippen LogP contribution in [0.5, 0.6) is 5.75 Å². The number of likely N-dealkylation sites (N-methyl/N-ethyl adjacent to an activating group) is 1. The zero-order chi connectivity index (χ0) is 14.5. The largest absolute Gasteiger partial charge is 0.493 e. The van der Waals surface area contributed by atoms with E-state index in [4.69, 9.17) is 4.74 Å². The van der Waals surface area contributed by atoms with Gasteiger partial charge in [-0.15, -0.1) is 0 Å². The van der Waals surface area contributed by atoms with Gasteiger partial charge in [0, 0.05) is 7.05 Å². The lowest BCUT2D eigenvalue weighted by molar-refractivity contribution is -0.136. The molecule has 1 aromatic carbocycles. The van der Waals surface area contributed by atoms with Crippen molar-refractivity contribution in [2.45, 2.75) is 32.7 Å². The maximum absolute atomic E-state index is 12.0. The van der Waals surface area contributed by atoms with Crippen LogP contribution >= 0.6 is 0 Å². The summed E-state index contributed by atoms with van der Waals surface area (Å²) in [5.74, 6) is 0.770. The van der Waals surface area contributed by atoms with Crippen molar-refractivity contribution in [3.8, 4) is 5.75 Å². The van der Waals surface area contributed by atoms with Crippen molar-refractivity contribution in [3.63, 3.8) is 0 Å². The van der Waals surface area contributed by atoms with E-state index >= 15 is 0 Å². The Morgan fingerprint density at radius 2 is 2.00 bits per heavy atom. The van der Waals surface area contributed by atoms with Gasteiger partial charge in [0.1, 0.15) is 5.75 Å². The Morgan fingerprint density at radius 3 is 2.58 bits per heavy atom. The smallest absolute Gasteiger partial charge is 0.226 e. The van der Waals surface area contributed by atoms with Gasteiger partial charge in [-0.3, -0.25) is 4.79 Å². The van der Waals surface area contributed by atoms with E-state index in [2.05, 4.69) is 0 Å². The molecule has 0 aromatic heterocycles. The van der Waals surface area contributed by atoms with E-state index in [0.29, 0.717) is 13.0 Å². The molecular weight excluding hydrogens is 242 g/mol. The predicted octanol–water partition coefficient (Wildman–Crippen LogP) is 1.99. The van der Waals surface area contributed by atoms with Gasteiger partial charge in [0.15, 0.2) is 0 Å². The monoisotopic (exact) mass is 265 g/mol. The van der Waals surface area contributed by atoms with Crippen LogP contribution in [-0.2, 0) is 4.79 Å². The molecule has 1 amide bonds. The van der Waals surface area contributed by atoms with Crippen molar-refractivity contribution < 1.29 is 14.6 Å². The highest BCUT2D eigenvalue weighted by Gasteiger charge is 2.26. The van der Waals surface area contributed by atoms with Crippen molar-refractivity contribution in [2.75, 3.05) is 20.3 Å². The normalized spacial score (nSPS) is 11.2. The Hall–Kier alpha value is -1.55. The van der Waals surface area contributed by atoms with Gasteiger partial charge < -0.3 is 14.7 Å². The van der Waals surface area contributed by atoms with Crippen molar-refractivity contribution in [1.82, 2.24) is 4.90 Å². The average molecular weight is 265 g/mol. The molecule has 0 saturated heterocycles. The van der Waals surface area contributed by atoms with Crippen LogP contribution in [0.2, 0.25) is 0 Å². The van der Waals surface area contributed by atoms with Crippen molar-refractivity contribution in [2.24, 2.45) is 0 Å². The lowest BCUT2D eigenvalue weighted by Crippen LogP contribution is -2.47. The molecule has 0 atom stereocenters. The molecule has 0 unspecified atom stereocenters. The SMILES string of the molecule is Cc1ccccc1OCCC(=O)N(C)C(C)(C)CO. The van der Waals surface area contributed by atoms with Crippen molar-refractivity contribution in [1.29, 1.82) is 0 Å². The second kappa shape index (κ2) is 6.57. The molecule has 0 heterocycles. The summed E-state index contributed by atoms with van der Waals surface area (Å²) in [7, 11) is 1.70. The summed E-state index contributed by atoms with van der Waals surface area (Å²) in [5, 5.41) is 9.23. The maximum Gasteiger partial charge on any atom is 0.226 e. The van der Waals surface area contributed by atoms with E-state index in [-0.39, 0.29) is 12.5 Å². The molecule has 19 heavy (non-hydrogen) atoms. The number of ether oxygens (including phenoxy) is 1. The highest BCUT2D eigenvalue weighted by atomic mass is 16.5. The van der Waals surface area contributed by atoms with Gasteiger partial charge in [-0.1, -0.05) is 18.2 Å². The van der Waals surface area contributed by atoms with Crippen molar-refractivity contribution in [3.05, 3.63) is 29.8 Å². The minimum Gasteiger partial charge on any atom is -0.493 e. The topological polar surface area (TPSA) is 49.8 Å². The Morgan fingerprint density at radius 1 is 1.37 bits per heavy atom. The fraction of sp³-hybridized carbons (Fsp3) is 0.533. The van der Waals surface area contributed by atoms with Gasteiger partial charge >= 0.3 is 0 Å². The number of aliphatic hydroxyl groups excluding tert-OH is 1. The zero-order valence-electron chi connectivity index (χ0n) is 12.1. The van der Waals surface area contributed by atoms with Crippen LogP contribution in [0.1, 0.15) is 25.8 Å². The Labute approximate surface area is 115 Å². The molecule has 0 aliphatic rings. The van der Waals surface area contributed by atoms with Gasteiger partial charge in [0.05, 0.1) is 25.2 Å². The van der Waals surface area contributed by atoms with E-state index in [1.807, 2.05) is 45.0 Å². The molecule has 0 saturated carbocycles. The van der Waals surface area contributed by atoms with Gasteiger partial charge in [-0.2, -0.15) is 0 Å². The second-order valence-corrected chi connectivity index (χ2v) is 5.29. The zero-order valence-corrected chi connectivity index (χ0v) is 12.1. The van der Waals surface area contributed by atoms with E-state index in [1.54, 1.807) is 11.9 Å². The minimum absolute atomic E-state index is 0.0346. The van der Waals surface area contributed by atoms with E-state index < -0.39 is 5.54 Å². The first-order chi connectivity index (χ1) is 8.88. The van der Waals surface area contributed by atoms with Gasteiger partial charge in [0.25, 0.3) is 0 Å². The third-order valence-electron chi connectivity index (χ3n) is 3.34. The molecule has 4 nitrogen and oxygen atoms in total. The summed E-state index contributed by atoms with van der Waals surface area (Å²) in [6.45, 7) is 5.90. The molecule has 0 bridgehead atoms. The maximum atomic E-state index is 12.0. The molecule has 1 aromatic rings. The standard InChI is InChI=1S/C15H23NO3/c1-12-7-5-6-8-13(12)19-10-9-14(18)16(4)15(2,3)11-17/h5-8,17H,9-11H2,1-4H3. The summed E-state index contributed by atoms with van der Waals surface area (Å²) in [6, 6.07) is 7.72. The number of amides is 1. The average Bonchev–Trinajstić information content (AvgIpc) is 2.39. The van der Waals surface area contributed by atoms with Crippen LogP contribution in [0.4, 0.5) is 0 Å². The minimum atomic E-state index is -0.542. The third kappa shape index (κ3) is 4.24. The molecule has 0 radical (unpaired) electrons. The molecule has 4 heteroatoms. The predicted molar refractivity (Wildman–Crippen MR) is 75.2 cm³/mol. The molecule has 1 N–H and O–H groups in total. The fourth-order valence-corrected chi connectivity index (χ4v) is 1.58. The lowest BCUT2D eigenvalue weighted by atomic mass is 10.0. The van der Waals surface area contributed by atoms with Crippen molar-refractivity contribution >= 4 is 5.91 Å². The van der Waals surface area contributed by atoms with E-state index in [0.717, 1.165) is 11.3 Å². The lowest BCUT2D eigenvalue weighted by Gasteiger charge is -2.34. The molecule has 0 fully saturated rings. The van der Waals surface area contributed by atoms with Crippen LogP contribution in [0.25, 0.3) is 0 Å². The fourth-order valence-electron chi connectivity index (χ4n) is 1.58. The van der Waals surface area contributed by atoms with Gasteiger partial charge in [0.2, 0.25) is 5.91 Å². The molecular formula is C15H23NO3. The summed E-state index contributed by atoms with van der Waals surface area (Å²) >= 11 is 0. The number of nitrogens with zero attached hydrogens (tertiary/aromatic N) is 1. The van der Waals surface area contributed by atoms with Crippen LogP contribution in [0.3, 0.4) is 0 Å². The quantitative estimate of drug-likeness (QED) is 0.856. The van der Waals surface area contributed by atoms with Crippen LogP contribution in [-0.4, -0.2) is 41.7 Å². The number of rotatable bonds is 6. The van der Waals surface area contributed by atoms with Gasteiger partial charge in [-0.05, 0) is 32.4 Å². The number of para-hydroxylation sites is 1. The number of benzene rings is 1. The number of hydrogen-bond donors (Lipinski definition) is 1. The van der Waals surface area contributed by atoms with E-state index in [9.17, 15) is 9.90 Å². The Bertz CT molecular complexity index is 429. The van der Waals surface area contributed by atoms with Crippen LogP contribution < -0.4 is 4.74 Å². The van der Waals surface area contributed by atoms with Crippen LogP contribution in [0.15, 0.2) is 24.3 Å². The first-order valence-corrected chi connectivity index (χ1v) is 6.44. The summed E-state index contributed by atoms with van der Waals surface area (Å²) in [4.78, 5) is 13.5. The number of carbonyl (C=O) groups is 1. The number of aryl methyl sites for hydroxylation is 1. The molecule has 1 rings (SSSR count). The first-order valence-electron chi connectivity index (χ1n) is 6.44. The molecule has 0 aliphatic carbocycles. The summed E-state index contributed by atoms with van der Waals surface area (Å²) in [5.41, 5.74) is 0.513. The van der Waals surface area contributed by atoms with E-state index in [1.165, 1.54) is 0 Å². The number of carbonyl (C=O) groups excluding carboxylic acids is 1. The summed E-state index contributed by atoms with van der Waals surface area (Å²) < 4.78 is 5.59. The first kappa shape index (κ1) is 15.5. The highest BCUT2D eigenvalue weighted by molar-refractivity contribution is 5.76. The highest BCUT2D eigenvalue weighted by Crippen LogP contribution is 2.17. The Balaban J connectivity index is 2.46.